The Kier molecular flexibility index (Phi) is 7.22. The number of nitrogens with zero attached hydrogens (tertiary/aromatic N) is 4. The zero-order chi connectivity index (χ0) is 24.6. The highest BCUT2D eigenvalue weighted by Gasteiger charge is 2.46. The summed E-state index contributed by atoms with van der Waals surface area (Å²) < 4.78 is 32.9. The number of aryl methyl sites for hydroxylation is 2. The van der Waals surface area contributed by atoms with Gasteiger partial charge >= 0.3 is 0 Å². The van der Waals surface area contributed by atoms with E-state index in [9.17, 15) is 19.0 Å². The van der Waals surface area contributed by atoms with Gasteiger partial charge in [-0.2, -0.15) is 4.98 Å². The number of ether oxygens (including phenoxy) is 1. The van der Waals surface area contributed by atoms with Gasteiger partial charge < -0.3 is 25.6 Å². The van der Waals surface area contributed by atoms with Crippen molar-refractivity contribution in [1.29, 1.82) is 0 Å². The molecule has 34 heavy (non-hydrogen) atoms. The van der Waals surface area contributed by atoms with Crippen LogP contribution in [-0.4, -0.2) is 74.6 Å². The van der Waals surface area contributed by atoms with Gasteiger partial charge in [-0.1, -0.05) is 0 Å². The van der Waals surface area contributed by atoms with Crippen LogP contribution in [0.15, 0.2) is 12.3 Å². The largest absolute Gasteiger partial charge is 0.390 e. The van der Waals surface area contributed by atoms with Gasteiger partial charge in [0.2, 0.25) is 12.4 Å². The number of pyridine rings is 1. The highest BCUT2D eigenvalue weighted by atomic mass is 32.1. The summed E-state index contributed by atoms with van der Waals surface area (Å²) in [6, 6.07) is 1.06. The molecule has 9 nitrogen and oxygen atoms in total. The van der Waals surface area contributed by atoms with Gasteiger partial charge in [0.25, 0.3) is 0 Å². The van der Waals surface area contributed by atoms with Gasteiger partial charge in [0, 0.05) is 19.9 Å². The van der Waals surface area contributed by atoms with Crippen molar-refractivity contribution in [2.24, 2.45) is 5.92 Å². The molecule has 3 aromatic rings. The molecule has 5 atom stereocenters. The summed E-state index contributed by atoms with van der Waals surface area (Å²) in [7, 11) is 1.60. The Morgan fingerprint density at radius 3 is 2.59 bits per heavy atom. The summed E-state index contributed by atoms with van der Waals surface area (Å²) in [6.45, 7) is 6.04. The molecule has 1 fully saturated rings. The Balaban J connectivity index is 1.75. The summed E-state index contributed by atoms with van der Waals surface area (Å²) in [5.41, 5.74) is 2.77. The zero-order valence-electron chi connectivity index (χ0n) is 19.3. The van der Waals surface area contributed by atoms with E-state index in [-0.39, 0.29) is 12.5 Å². The van der Waals surface area contributed by atoms with Crippen molar-refractivity contribution in [3.05, 3.63) is 23.7 Å². The quantitative estimate of drug-likeness (QED) is 0.374. The first-order valence-corrected chi connectivity index (χ1v) is 11.8. The molecule has 1 aliphatic rings. The molecule has 1 aliphatic carbocycles. The molecular formula is C22H28F2N6O3S. The maximum Gasteiger partial charge on any atom is 0.244 e. The van der Waals surface area contributed by atoms with Gasteiger partial charge in [0.1, 0.15) is 22.4 Å². The molecule has 0 radical (unpaired) electrons. The number of fused-ring (bicyclic) bond motifs is 1. The number of rotatable bonds is 8. The van der Waals surface area contributed by atoms with E-state index in [2.05, 4.69) is 25.6 Å². The van der Waals surface area contributed by atoms with Crippen LogP contribution in [0.4, 0.5) is 20.5 Å². The molecule has 0 bridgehead atoms. The predicted molar refractivity (Wildman–Crippen MR) is 126 cm³/mol. The number of aromatic nitrogens is 4. The number of aliphatic hydroxyl groups is 2. The average Bonchev–Trinajstić information content (AvgIpc) is 3.34. The summed E-state index contributed by atoms with van der Waals surface area (Å²) in [6.07, 6.45) is -4.11. The van der Waals surface area contributed by atoms with Gasteiger partial charge in [-0.15, -0.1) is 11.3 Å². The van der Waals surface area contributed by atoms with Gasteiger partial charge in [0.15, 0.2) is 0 Å². The fourth-order valence-electron chi connectivity index (χ4n) is 4.05. The monoisotopic (exact) mass is 494 g/mol. The molecule has 1 unspecified atom stereocenters. The second-order valence-electron chi connectivity index (χ2n) is 8.51. The molecule has 1 saturated carbocycles. The van der Waals surface area contributed by atoms with E-state index in [0.717, 1.165) is 15.9 Å². The van der Waals surface area contributed by atoms with E-state index in [1.54, 1.807) is 13.3 Å². The summed E-state index contributed by atoms with van der Waals surface area (Å²) in [5.74, 6) is -0.656. The van der Waals surface area contributed by atoms with Crippen LogP contribution in [0.2, 0.25) is 0 Å². The highest BCUT2D eigenvalue weighted by molar-refractivity contribution is 7.21. The van der Waals surface area contributed by atoms with Crippen LogP contribution < -0.4 is 10.6 Å². The molecular weight excluding hydrogens is 466 g/mol. The summed E-state index contributed by atoms with van der Waals surface area (Å²) >= 11 is 1.44. The van der Waals surface area contributed by atoms with Gasteiger partial charge in [-0.3, -0.25) is 4.98 Å². The minimum absolute atomic E-state index is 0.0849. The lowest BCUT2D eigenvalue weighted by Crippen LogP contribution is -2.36. The first kappa shape index (κ1) is 24.6. The van der Waals surface area contributed by atoms with Gasteiger partial charge in [-0.25, -0.2) is 18.7 Å². The fourth-order valence-corrected chi connectivity index (χ4v) is 5.17. The molecule has 3 aromatic heterocycles. The third kappa shape index (κ3) is 4.81. The Hall–Kier alpha value is -2.54. The minimum atomic E-state index is -2.74. The second-order valence-corrected chi connectivity index (χ2v) is 9.54. The zero-order valence-corrected chi connectivity index (χ0v) is 20.1. The normalized spacial score (nSPS) is 23.6. The fraction of sp³-hybridized carbons (Fsp3) is 0.545. The smallest absolute Gasteiger partial charge is 0.244 e. The van der Waals surface area contributed by atoms with Crippen LogP contribution in [-0.2, 0) is 4.74 Å². The van der Waals surface area contributed by atoms with E-state index in [1.165, 1.54) is 11.3 Å². The number of nitrogens with one attached hydrogen (secondary N) is 2. The van der Waals surface area contributed by atoms with Crippen molar-refractivity contribution < 1.29 is 23.7 Å². The van der Waals surface area contributed by atoms with Crippen molar-refractivity contribution in [1.82, 2.24) is 19.9 Å². The van der Waals surface area contributed by atoms with Crippen LogP contribution in [0.25, 0.3) is 20.8 Å². The topological polar surface area (TPSA) is 125 Å². The first-order chi connectivity index (χ1) is 16.2. The first-order valence-electron chi connectivity index (χ1n) is 11.0. The molecule has 0 spiro atoms. The van der Waals surface area contributed by atoms with Gasteiger partial charge in [0.05, 0.1) is 45.8 Å². The van der Waals surface area contributed by atoms with Crippen molar-refractivity contribution in [3.63, 3.8) is 0 Å². The average molecular weight is 495 g/mol. The van der Waals surface area contributed by atoms with Crippen LogP contribution in [0.3, 0.4) is 0 Å². The SMILES string of the molecule is CO[C@H](C)CNc1nc(C)c(-c2nc3c(C)nccc3s2)c(NC2C[C@H](C(F)F)[C@@H](O)[C@H]2O)n1. The molecule has 4 rings (SSSR count). The van der Waals surface area contributed by atoms with E-state index < -0.39 is 30.6 Å². The number of methoxy groups -OCH3 is 1. The van der Waals surface area contributed by atoms with Crippen LogP contribution in [0.5, 0.6) is 0 Å². The van der Waals surface area contributed by atoms with Crippen molar-refractivity contribution in [2.75, 3.05) is 24.3 Å². The lowest BCUT2D eigenvalue weighted by atomic mass is 10.1. The Morgan fingerprint density at radius 2 is 1.94 bits per heavy atom. The lowest BCUT2D eigenvalue weighted by molar-refractivity contribution is -0.0333. The molecule has 0 aliphatic heterocycles. The maximum atomic E-state index is 13.4. The predicted octanol–water partition coefficient (Wildman–Crippen LogP) is 3.00. The third-order valence-corrected chi connectivity index (χ3v) is 7.15. The van der Waals surface area contributed by atoms with Crippen molar-refractivity contribution in [3.8, 4) is 10.6 Å². The van der Waals surface area contributed by atoms with Crippen molar-refractivity contribution >= 4 is 33.3 Å². The Morgan fingerprint density at radius 1 is 1.18 bits per heavy atom. The molecule has 12 heteroatoms. The van der Waals surface area contributed by atoms with Crippen molar-refractivity contribution in [2.45, 2.75) is 58.0 Å². The number of aliphatic hydroxyl groups excluding tert-OH is 2. The number of hydrogen-bond donors (Lipinski definition) is 4. The molecule has 184 valence electrons. The van der Waals surface area contributed by atoms with E-state index in [1.807, 2.05) is 26.8 Å². The van der Waals surface area contributed by atoms with E-state index in [0.29, 0.717) is 34.6 Å². The molecule has 0 aromatic carbocycles. The second kappa shape index (κ2) is 9.98. The Bertz CT molecular complexity index is 1160. The van der Waals surface area contributed by atoms with Crippen LogP contribution in [0, 0.1) is 19.8 Å². The van der Waals surface area contributed by atoms with E-state index in [4.69, 9.17) is 9.72 Å². The van der Waals surface area contributed by atoms with Crippen LogP contribution in [0.1, 0.15) is 24.7 Å². The summed E-state index contributed by atoms with van der Waals surface area (Å²) in [4.78, 5) is 18.2. The number of alkyl halides is 2. The maximum absolute atomic E-state index is 13.4. The van der Waals surface area contributed by atoms with Crippen LogP contribution >= 0.6 is 11.3 Å². The standard InChI is InChI=1S/C22H28F2N6O3S/c1-9(33-4)8-26-22-27-10(2)15(21-29-16-11(3)25-6-5-14(16)34-21)20(30-22)28-13-7-12(19(23)24)17(31)18(13)32/h5-6,9,12-13,17-19,31-32H,7-8H2,1-4H3,(H2,26,27,28,30)/t9-,12+,13?,17-,18+/m1/s1. The molecule has 3 heterocycles. The van der Waals surface area contributed by atoms with E-state index >= 15 is 0 Å². The number of anilines is 2. The molecule has 0 amide bonds. The highest BCUT2D eigenvalue weighted by Crippen LogP contribution is 2.39. The molecule has 4 N–H and O–H groups in total. The number of halogens is 2. The Labute approximate surface area is 199 Å². The van der Waals surface area contributed by atoms with Gasteiger partial charge in [-0.05, 0) is 33.3 Å². The number of thiazole rings is 1. The minimum Gasteiger partial charge on any atom is -0.390 e. The summed E-state index contributed by atoms with van der Waals surface area (Å²) in [5, 5.41) is 27.4. The third-order valence-electron chi connectivity index (χ3n) is 6.12. The lowest BCUT2D eigenvalue weighted by Gasteiger charge is -2.21. The molecule has 0 saturated heterocycles. The number of hydrogen-bond acceptors (Lipinski definition) is 10.